The molecule has 114 valence electrons. The van der Waals surface area contributed by atoms with Crippen LogP contribution in [-0.2, 0) is 10.0 Å². The van der Waals surface area contributed by atoms with Crippen molar-refractivity contribution in [3.63, 3.8) is 0 Å². The van der Waals surface area contributed by atoms with Crippen molar-refractivity contribution in [3.05, 3.63) is 0 Å². The van der Waals surface area contributed by atoms with E-state index in [1.54, 1.807) is 13.8 Å². The quantitative estimate of drug-likeness (QED) is 0.378. The van der Waals surface area contributed by atoms with Crippen molar-refractivity contribution in [1.82, 2.24) is 9.62 Å². The molecule has 1 aliphatic heterocycles. The average molecular weight is 422 g/mol. The van der Waals surface area contributed by atoms with Crippen LogP contribution in [0.2, 0.25) is 0 Å². The van der Waals surface area contributed by atoms with E-state index in [1.165, 1.54) is 0 Å². The van der Waals surface area contributed by atoms with Gasteiger partial charge in [0.15, 0.2) is 5.96 Å². The lowest BCUT2D eigenvalue weighted by atomic mass is 10.4. The third-order valence-corrected chi connectivity index (χ3v) is 4.88. The summed E-state index contributed by atoms with van der Waals surface area (Å²) >= 11 is 1.89. The summed E-state index contributed by atoms with van der Waals surface area (Å²) in [6.45, 7) is 5.56. The van der Waals surface area contributed by atoms with Crippen LogP contribution in [0.1, 0.15) is 13.8 Å². The maximum absolute atomic E-state index is 11.6. The summed E-state index contributed by atoms with van der Waals surface area (Å²) in [4.78, 5) is 6.13. The molecule has 0 spiro atoms. The van der Waals surface area contributed by atoms with Crippen LogP contribution in [0.4, 0.5) is 0 Å². The fraction of sp³-hybridized carbons (Fsp3) is 0.900. The van der Waals surface area contributed by atoms with Crippen LogP contribution in [0.15, 0.2) is 4.99 Å². The number of hydrogen-bond acceptors (Lipinski definition) is 4. The van der Waals surface area contributed by atoms with Crippen molar-refractivity contribution in [1.29, 1.82) is 0 Å². The smallest absolute Gasteiger partial charge is 0.213 e. The van der Waals surface area contributed by atoms with E-state index in [-0.39, 0.29) is 42.3 Å². The number of rotatable bonds is 5. The summed E-state index contributed by atoms with van der Waals surface area (Å²) in [6, 6.07) is -0.0876. The first-order valence-corrected chi connectivity index (χ1v) is 8.84. The van der Waals surface area contributed by atoms with Gasteiger partial charge in [0.05, 0.1) is 12.3 Å². The second-order valence-corrected chi connectivity index (χ2v) is 7.53. The van der Waals surface area contributed by atoms with E-state index >= 15 is 0 Å². The zero-order chi connectivity index (χ0) is 13.6. The molecule has 0 radical (unpaired) electrons. The van der Waals surface area contributed by atoms with Gasteiger partial charge in [-0.15, -0.1) is 24.0 Å². The van der Waals surface area contributed by atoms with Gasteiger partial charge in [0.1, 0.15) is 0 Å². The van der Waals surface area contributed by atoms with E-state index < -0.39 is 10.0 Å². The van der Waals surface area contributed by atoms with Crippen LogP contribution in [0.5, 0.6) is 0 Å². The molecule has 0 aromatic carbocycles. The predicted molar refractivity (Wildman–Crippen MR) is 92.9 cm³/mol. The Kier molecular flexibility index (Phi) is 9.37. The van der Waals surface area contributed by atoms with Gasteiger partial charge in [0.25, 0.3) is 0 Å². The molecular weight excluding hydrogens is 399 g/mol. The lowest BCUT2D eigenvalue weighted by Crippen LogP contribution is -2.43. The number of nitrogens with zero attached hydrogens (tertiary/aromatic N) is 2. The largest absolute Gasteiger partial charge is 0.370 e. The van der Waals surface area contributed by atoms with Crippen LogP contribution < -0.4 is 10.5 Å². The number of nitrogens with one attached hydrogen (secondary N) is 1. The highest BCUT2D eigenvalue weighted by Gasteiger charge is 2.14. The number of aliphatic imine (C=N–C) groups is 1. The fourth-order valence-electron chi connectivity index (χ4n) is 1.59. The molecule has 0 aromatic rings. The SMILES string of the molecule is CC(C)NS(=O)(=O)CCN=C(N)N1CCSCC1.I. The standard InChI is InChI=1S/C10H22N4O2S2.HI/c1-9(2)13-18(15,16)8-3-12-10(11)14-4-6-17-7-5-14;/h9,13H,3-8H2,1-2H3,(H2,11,12);1H. The summed E-state index contributed by atoms with van der Waals surface area (Å²) in [5, 5.41) is 0. The van der Waals surface area contributed by atoms with E-state index in [0.29, 0.717) is 5.96 Å². The second-order valence-electron chi connectivity index (χ2n) is 4.43. The Bertz CT molecular complexity index is 381. The number of halogens is 1. The van der Waals surface area contributed by atoms with Gasteiger partial charge in [-0.05, 0) is 13.8 Å². The summed E-state index contributed by atoms with van der Waals surface area (Å²) in [6.07, 6.45) is 0. The van der Waals surface area contributed by atoms with E-state index in [2.05, 4.69) is 9.71 Å². The van der Waals surface area contributed by atoms with Crippen molar-refractivity contribution in [3.8, 4) is 0 Å². The Morgan fingerprint density at radius 1 is 1.42 bits per heavy atom. The minimum atomic E-state index is -3.24. The van der Waals surface area contributed by atoms with Gasteiger partial charge in [0, 0.05) is 30.6 Å². The Hall–Kier alpha value is 0.260. The first kappa shape index (κ1) is 19.3. The predicted octanol–water partition coefficient (Wildman–Crippen LogP) is 0.296. The normalized spacial score (nSPS) is 17.4. The number of hydrogen-bond donors (Lipinski definition) is 2. The highest BCUT2D eigenvalue weighted by atomic mass is 127. The molecule has 6 nitrogen and oxygen atoms in total. The Labute approximate surface area is 137 Å². The molecule has 1 saturated heterocycles. The van der Waals surface area contributed by atoms with Gasteiger partial charge in [0.2, 0.25) is 10.0 Å². The van der Waals surface area contributed by atoms with Crippen LogP contribution >= 0.6 is 35.7 Å². The highest BCUT2D eigenvalue weighted by molar-refractivity contribution is 14.0. The van der Waals surface area contributed by atoms with Crippen molar-refractivity contribution in [2.45, 2.75) is 19.9 Å². The minimum Gasteiger partial charge on any atom is -0.370 e. The molecule has 1 aliphatic rings. The second kappa shape index (κ2) is 9.24. The molecule has 1 fully saturated rings. The number of thioether (sulfide) groups is 1. The molecule has 1 rings (SSSR count). The van der Waals surface area contributed by atoms with Gasteiger partial charge < -0.3 is 10.6 Å². The number of nitrogens with two attached hydrogens (primary N) is 1. The average Bonchev–Trinajstić information content (AvgIpc) is 2.28. The van der Waals surface area contributed by atoms with E-state index in [0.717, 1.165) is 24.6 Å². The third-order valence-electron chi connectivity index (χ3n) is 2.38. The molecule has 9 heteroatoms. The summed E-state index contributed by atoms with van der Waals surface area (Å²) in [5.74, 6) is 2.52. The topological polar surface area (TPSA) is 87.8 Å². The lowest BCUT2D eigenvalue weighted by molar-refractivity contribution is 0.456. The summed E-state index contributed by atoms with van der Waals surface area (Å²) in [7, 11) is -3.24. The first-order valence-electron chi connectivity index (χ1n) is 6.03. The van der Waals surface area contributed by atoms with Crippen LogP contribution in [-0.4, -0.2) is 62.2 Å². The van der Waals surface area contributed by atoms with E-state index in [9.17, 15) is 8.42 Å². The van der Waals surface area contributed by atoms with Crippen LogP contribution in [0.3, 0.4) is 0 Å². The van der Waals surface area contributed by atoms with Gasteiger partial charge >= 0.3 is 0 Å². The maximum atomic E-state index is 11.6. The monoisotopic (exact) mass is 422 g/mol. The number of guanidine groups is 1. The zero-order valence-electron chi connectivity index (χ0n) is 11.3. The molecular formula is C10H23IN4O2S2. The Morgan fingerprint density at radius 3 is 2.53 bits per heavy atom. The molecule has 0 amide bonds. The van der Waals surface area contributed by atoms with Crippen LogP contribution in [0, 0.1) is 0 Å². The molecule has 3 N–H and O–H groups in total. The summed E-state index contributed by atoms with van der Waals surface area (Å²) < 4.78 is 25.6. The fourth-order valence-corrected chi connectivity index (χ4v) is 3.66. The zero-order valence-corrected chi connectivity index (χ0v) is 15.3. The first-order chi connectivity index (χ1) is 8.41. The van der Waals surface area contributed by atoms with Gasteiger partial charge in [-0.25, -0.2) is 13.1 Å². The lowest BCUT2D eigenvalue weighted by Gasteiger charge is -2.27. The molecule has 1 heterocycles. The third kappa shape index (κ3) is 8.20. The van der Waals surface area contributed by atoms with Gasteiger partial charge in [-0.3, -0.25) is 4.99 Å². The highest BCUT2D eigenvalue weighted by Crippen LogP contribution is 2.08. The van der Waals surface area contributed by atoms with Gasteiger partial charge in [-0.2, -0.15) is 11.8 Å². The summed E-state index contributed by atoms with van der Waals surface area (Å²) in [5.41, 5.74) is 5.83. The molecule has 0 atom stereocenters. The Morgan fingerprint density at radius 2 is 2.00 bits per heavy atom. The van der Waals surface area contributed by atoms with Crippen LogP contribution in [0.25, 0.3) is 0 Å². The van der Waals surface area contributed by atoms with E-state index in [1.807, 2.05) is 16.7 Å². The molecule has 0 unspecified atom stereocenters. The van der Waals surface area contributed by atoms with Crippen molar-refractivity contribution >= 4 is 51.7 Å². The van der Waals surface area contributed by atoms with Crippen molar-refractivity contribution in [2.75, 3.05) is 36.9 Å². The minimum absolute atomic E-state index is 0. The molecule has 0 aliphatic carbocycles. The molecule has 19 heavy (non-hydrogen) atoms. The van der Waals surface area contributed by atoms with E-state index in [4.69, 9.17) is 5.73 Å². The molecule has 0 saturated carbocycles. The maximum Gasteiger partial charge on any atom is 0.213 e. The number of sulfonamides is 1. The molecule has 0 aromatic heterocycles. The Balaban J connectivity index is 0.00000324. The van der Waals surface area contributed by atoms with Crippen molar-refractivity contribution in [2.24, 2.45) is 10.7 Å². The van der Waals surface area contributed by atoms with Gasteiger partial charge in [-0.1, -0.05) is 0 Å². The molecule has 0 bridgehead atoms. The van der Waals surface area contributed by atoms with Crippen molar-refractivity contribution < 1.29 is 8.42 Å².